The van der Waals surface area contributed by atoms with Gasteiger partial charge in [0.2, 0.25) is 0 Å². The summed E-state index contributed by atoms with van der Waals surface area (Å²) >= 11 is 0. The van der Waals surface area contributed by atoms with Gasteiger partial charge in [0.25, 0.3) is 5.91 Å². The van der Waals surface area contributed by atoms with Gasteiger partial charge in [-0.2, -0.15) is 5.10 Å². The van der Waals surface area contributed by atoms with Crippen LogP contribution in [-0.4, -0.2) is 33.3 Å². The number of carbonyl (C=O) groups is 1. The largest absolute Gasteiger partial charge is 0.348 e. The van der Waals surface area contributed by atoms with E-state index in [4.69, 9.17) is 5.73 Å². The van der Waals surface area contributed by atoms with Gasteiger partial charge in [0.05, 0.1) is 5.69 Å². The van der Waals surface area contributed by atoms with Crippen LogP contribution >= 0.6 is 24.8 Å². The molecule has 0 saturated carbocycles. The van der Waals surface area contributed by atoms with Crippen molar-refractivity contribution in [1.29, 1.82) is 0 Å². The van der Waals surface area contributed by atoms with Gasteiger partial charge >= 0.3 is 0 Å². The highest BCUT2D eigenvalue weighted by Crippen LogP contribution is 2.10. The number of rotatable bonds is 7. The molecule has 128 valence electrons. The molecule has 0 spiro atoms. The number of carbonyl (C=O) groups excluding carboxylic acids is 1. The summed E-state index contributed by atoms with van der Waals surface area (Å²) in [4.78, 5) is 16.2. The third-order valence-electron chi connectivity index (χ3n) is 3.32. The van der Waals surface area contributed by atoms with E-state index in [-0.39, 0.29) is 36.8 Å². The zero-order valence-electron chi connectivity index (χ0n) is 13.0. The summed E-state index contributed by atoms with van der Waals surface area (Å²) in [5.74, 6) is -0.108. The minimum Gasteiger partial charge on any atom is -0.348 e. The molecule has 2 aromatic rings. The van der Waals surface area contributed by atoms with Gasteiger partial charge in [-0.05, 0) is 24.6 Å². The molecular formula is C15H23Cl2N5O. The summed E-state index contributed by atoms with van der Waals surface area (Å²) in [6, 6.07) is 7.30. The van der Waals surface area contributed by atoms with Crippen molar-refractivity contribution in [3.8, 4) is 5.69 Å². The van der Waals surface area contributed by atoms with Gasteiger partial charge in [-0.1, -0.05) is 25.8 Å². The van der Waals surface area contributed by atoms with Gasteiger partial charge in [0.15, 0.2) is 0 Å². The number of nitrogens with zero attached hydrogens (tertiary/aromatic N) is 3. The SMILES string of the molecule is CCCCC(CN)NC(=O)c1cccc(-n2cncn2)c1.Cl.Cl. The van der Waals surface area contributed by atoms with Crippen LogP contribution in [0, 0.1) is 0 Å². The van der Waals surface area contributed by atoms with Crippen molar-refractivity contribution in [3.63, 3.8) is 0 Å². The second-order valence-electron chi connectivity index (χ2n) is 4.94. The number of hydrogen-bond acceptors (Lipinski definition) is 4. The van der Waals surface area contributed by atoms with Gasteiger partial charge in [-0.25, -0.2) is 9.67 Å². The highest BCUT2D eigenvalue weighted by atomic mass is 35.5. The lowest BCUT2D eigenvalue weighted by Gasteiger charge is -2.16. The van der Waals surface area contributed by atoms with Crippen molar-refractivity contribution >= 4 is 30.7 Å². The lowest BCUT2D eigenvalue weighted by Crippen LogP contribution is -2.40. The average Bonchev–Trinajstić information content (AvgIpc) is 3.05. The predicted octanol–water partition coefficient (Wildman–Crippen LogP) is 2.36. The Balaban J connectivity index is 0.00000242. The number of benzene rings is 1. The van der Waals surface area contributed by atoms with Crippen LogP contribution in [0.2, 0.25) is 0 Å². The first kappa shape index (κ1) is 21.4. The Hall–Kier alpha value is -1.63. The Morgan fingerprint density at radius 1 is 1.39 bits per heavy atom. The third kappa shape index (κ3) is 6.17. The monoisotopic (exact) mass is 359 g/mol. The van der Waals surface area contributed by atoms with Gasteiger partial charge in [-0.3, -0.25) is 4.79 Å². The number of nitrogens with one attached hydrogen (secondary N) is 1. The molecule has 1 atom stereocenters. The van der Waals surface area contributed by atoms with E-state index in [9.17, 15) is 4.79 Å². The Morgan fingerprint density at radius 3 is 2.78 bits per heavy atom. The van der Waals surface area contributed by atoms with Crippen molar-refractivity contribution in [1.82, 2.24) is 20.1 Å². The Morgan fingerprint density at radius 2 is 2.17 bits per heavy atom. The smallest absolute Gasteiger partial charge is 0.251 e. The molecule has 0 aliphatic rings. The quantitative estimate of drug-likeness (QED) is 0.794. The second-order valence-corrected chi connectivity index (χ2v) is 4.94. The second kappa shape index (κ2) is 11.0. The topological polar surface area (TPSA) is 85.8 Å². The molecule has 0 aliphatic heterocycles. The molecule has 3 N–H and O–H groups in total. The van der Waals surface area contributed by atoms with Gasteiger partial charge in [-0.15, -0.1) is 24.8 Å². The van der Waals surface area contributed by atoms with E-state index in [0.29, 0.717) is 12.1 Å². The van der Waals surface area contributed by atoms with Crippen molar-refractivity contribution in [2.45, 2.75) is 32.2 Å². The highest BCUT2D eigenvalue weighted by Gasteiger charge is 2.12. The zero-order valence-corrected chi connectivity index (χ0v) is 14.6. The summed E-state index contributed by atoms with van der Waals surface area (Å²) < 4.78 is 1.62. The van der Waals surface area contributed by atoms with Crippen LogP contribution in [0.15, 0.2) is 36.9 Å². The van der Waals surface area contributed by atoms with Crippen LogP contribution in [-0.2, 0) is 0 Å². The molecule has 0 saturated heterocycles. The van der Waals surface area contributed by atoms with E-state index in [2.05, 4.69) is 22.3 Å². The van der Waals surface area contributed by atoms with E-state index in [1.165, 1.54) is 6.33 Å². The van der Waals surface area contributed by atoms with Gasteiger partial charge in [0.1, 0.15) is 12.7 Å². The lowest BCUT2D eigenvalue weighted by atomic mass is 10.1. The molecular weight excluding hydrogens is 337 g/mol. The van der Waals surface area contributed by atoms with Gasteiger partial charge in [0, 0.05) is 18.2 Å². The first-order valence-electron chi connectivity index (χ1n) is 7.20. The first-order chi connectivity index (χ1) is 10.2. The molecule has 1 aromatic heterocycles. The molecule has 1 heterocycles. The minimum atomic E-state index is -0.108. The van der Waals surface area contributed by atoms with Crippen LogP contribution in [0.4, 0.5) is 0 Å². The number of nitrogens with two attached hydrogens (primary N) is 1. The van der Waals surface area contributed by atoms with Crippen molar-refractivity contribution in [3.05, 3.63) is 42.5 Å². The standard InChI is InChI=1S/C15H21N5O.2ClH/c1-2-3-6-13(9-16)19-15(21)12-5-4-7-14(8-12)20-11-17-10-18-20;;/h4-5,7-8,10-11,13H,2-3,6,9,16H2,1H3,(H,19,21);2*1H. The van der Waals surface area contributed by atoms with Crippen molar-refractivity contribution in [2.75, 3.05) is 6.54 Å². The fourth-order valence-electron chi connectivity index (χ4n) is 2.10. The van der Waals surface area contributed by atoms with Crippen molar-refractivity contribution in [2.24, 2.45) is 5.73 Å². The van der Waals surface area contributed by atoms with E-state index in [0.717, 1.165) is 24.9 Å². The maximum atomic E-state index is 12.3. The molecule has 0 radical (unpaired) electrons. The van der Waals surface area contributed by atoms with Crippen LogP contribution in [0.3, 0.4) is 0 Å². The normalized spacial score (nSPS) is 11.0. The summed E-state index contributed by atoms with van der Waals surface area (Å²) in [5.41, 5.74) is 7.11. The van der Waals surface area contributed by atoms with E-state index in [1.54, 1.807) is 23.1 Å². The predicted molar refractivity (Wildman–Crippen MR) is 95.7 cm³/mol. The van der Waals surface area contributed by atoms with Gasteiger partial charge < -0.3 is 11.1 Å². The molecule has 2 rings (SSSR count). The molecule has 1 aromatic carbocycles. The molecule has 1 unspecified atom stereocenters. The highest BCUT2D eigenvalue weighted by molar-refractivity contribution is 5.94. The number of unbranched alkanes of at least 4 members (excludes halogenated alkanes) is 1. The van der Waals surface area contributed by atoms with Crippen LogP contribution < -0.4 is 11.1 Å². The number of hydrogen-bond donors (Lipinski definition) is 2. The lowest BCUT2D eigenvalue weighted by molar-refractivity contribution is 0.0935. The Labute approximate surface area is 148 Å². The summed E-state index contributed by atoms with van der Waals surface area (Å²) in [6.45, 7) is 2.57. The van der Waals surface area contributed by atoms with Crippen molar-refractivity contribution < 1.29 is 4.79 Å². The number of amides is 1. The fraction of sp³-hybridized carbons (Fsp3) is 0.400. The maximum absolute atomic E-state index is 12.3. The molecule has 0 aliphatic carbocycles. The van der Waals surface area contributed by atoms with E-state index >= 15 is 0 Å². The molecule has 23 heavy (non-hydrogen) atoms. The Kier molecular flexibility index (Phi) is 10.2. The average molecular weight is 360 g/mol. The summed E-state index contributed by atoms with van der Waals surface area (Å²) in [6.07, 6.45) is 6.11. The van der Waals surface area contributed by atoms with Crippen LogP contribution in [0.25, 0.3) is 5.69 Å². The summed E-state index contributed by atoms with van der Waals surface area (Å²) in [7, 11) is 0. The molecule has 8 heteroatoms. The minimum absolute atomic E-state index is 0. The third-order valence-corrected chi connectivity index (χ3v) is 3.32. The molecule has 0 fully saturated rings. The maximum Gasteiger partial charge on any atom is 0.251 e. The molecule has 6 nitrogen and oxygen atoms in total. The Bertz CT molecular complexity index is 577. The molecule has 1 amide bonds. The zero-order chi connectivity index (χ0) is 15.1. The fourth-order valence-corrected chi connectivity index (χ4v) is 2.10. The first-order valence-corrected chi connectivity index (χ1v) is 7.20. The van der Waals surface area contributed by atoms with Crippen LogP contribution in [0.1, 0.15) is 36.5 Å². The molecule has 0 bridgehead atoms. The van der Waals surface area contributed by atoms with E-state index < -0.39 is 0 Å². The summed E-state index contributed by atoms with van der Waals surface area (Å²) in [5, 5.41) is 7.04. The number of aromatic nitrogens is 3. The van der Waals surface area contributed by atoms with E-state index in [1.807, 2.05) is 12.1 Å². The number of halogens is 2. The van der Waals surface area contributed by atoms with Crippen LogP contribution in [0.5, 0.6) is 0 Å².